The van der Waals surface area contributed by atoms with Crippen LogP contribution in [0.5, 0.6) is 0 Å². The van der Waals surface area contributed by atoms with Crippen molar-refractivity contribution in [2.75, 3.05) is 7.05 Å². The number of nitrogens with zero attached hydrogens (tertiary/aromatic N) is 4. The Hall–Kier alpha value is -1.23. The molecule has 0 radical (unpaired) electrons. The summed E-state index contributed by atoms with van der Waals surface area (Å²) in [7, 11) is 1.71. The Labute approximate surface area is 138 Å². The molecule has 0 aliphatic heterocycles. The molecule has 2 rings (SSSR count). The maximum absolute atomic E-state index is 4.89. The predicted molar refractivity (Wildman–Crippen MR) is 88.3 cm³/mol. The standard InChI is InChI=1S/C11H16N6OS.HI/c1-7-4-13-10(19-7)6-15-11(12-3)14-5-9-16-8(2)18-17-9;/h4H,5-6H2,1-3H3,(H2,12,14,15);1H. The van der Waals surface area contributed by atoms with Gasteiger partial charge < -0.3 is 15.2 Å². The molecular formula is C11H17IN6OS. The highest BCUT2D eigenvalue weighted by molar-refractivity contribution is 14.0. The molecule has 0 spiro atoms. The zero-order valence-corrected chi connectivity index (χ0v) is 14.7. The second-order valence-corrected chi connectivity index (χ2v) is 5.19. The summed E-state index contributed by atoms with van der Waals surface area (Å²) in [5.41, 5.74) is 0. The van der Waals surface area contributed by atoms with E-state index in [1.54, 1.807) is 25.3 Å². The third-order valence-electron chi connectivity index (χ3n) is 2.28. The van der Waals surface area contributed by atoms with Crippen LogP contribution in [0.3, 0.4) is 0 Å². The van der Waals surface area contributed by atoms with E-state index in [9.17, 15) is 0 Å². The molecule has 2 N–H and O–H groups in total. The molecule has 0 amide bonds. The predicted octanol–water partition coefficient (Wildman–Crippen LogP) is 1.63. The highest BCUT2D eigenvalue weighted by Crippen LogP contribution is 2.10. The van der Waals surface area contributed by atoms with E-state index in [-0.39, 0.29) is 24.0 Å². The first-order chi connectivity index (χ1) is 9.17. The zero-order valence-electron chi connectivity index (χ0n) is 11.5. The normalized spacial score (nSPS) is 11.1. The van der Waals surface area contributed by atoms with E-state index < -0.39 is 0 Å². The van der Waals surface area contributed by atoms with Gasteiger partial charge in [0.05, 0.1) is 13.1 Å². The second kappa shape index (κ2) is 8.15. The number of aromatic nitrogens is 3. The van der Waals surface area contributed by atoms with Gasteiger partial charge in [0, 0.05) is 25.0 Å². The first-order valence-electron chi connectivity index (χ1n) is 5.82. The van der Waals surface area contributed by atoms with E-state index in [4.69, 9.17) is 4.52 Å². The molecule has 2 heterocycles. The average molecular weight is 408 g/mol. The molecule has 0 aromatic carbocycles. The molecule has 0 unspecified atom stereocenters. The monoisotopic (exact) mass is 408 g/mol. The number of hydrogen-bond donors (Lipinski definition) is 2. The van der Waals surface area contributed by atoms with Crippen LogP contribution < -0.4 is 10.6 Å². The summed E-state index contributed by atoms with van der Waals surface area (Å²) in [6.45, 7) is 4.90. The molecule has 0 fully saturated rings. The summed E-state index contributed by atoms with van der Waals surface area (Å²) in [6.07, 6.45) is 1.86. The van der Waals surface area contributed by atoms with Gasteiger partial charge >= 0.3 is 0 Å². The summed E-state index contributed by atoms with van der Waals surface area (Å²) < 4.78 is 4.89. The Bertz CT molecular complexity index is 521. The first-order valence-corrected chi connectivity index (χ1v) is 6.64. The lowest BCUT2D eigenvalue weighted by molar-refractivity contribution is 0.387. The van der Waals surface area contributed by atoms with Gasteiger partial charge in [-0.05, 0) is 6.92 Å². The zero-order chi connectivity index (χ0) is 13.7. The third kappa shape index (κ3) is 5.04. The number of aryl methyl sites for hydroxylation is 2. The minimum atomic E-state index is 0. The Morgan fingerprint density at radius 1 is 1.35 bits per heavy atom. The minimum Gasteiger partial charge on any atom is -0.350 e. The topological polar surface area (TPSA) is 88.2 Å². The number of thiazole rings is 1. The smallest absolute Gasteiger partial charge is 0.223 e. The highest BCUT2D eigenvalue weighted by atomic mass is 127. The fraction of sp³-hybridized carbons (Fsp3) is 0.455. The molecule has 2 aromatic rings. The Morgan fingerprint density at radius 2 is 2.10 bits per heavy atom. The van der Waals surface area contributed by atoms with Crippen molar-refractivity contribution in [1.82, 2.24) is 25.8 Å². The van der Waals surface area contributed by atoms with E-state index in [1.807, 2.05) is 13.1 Å². The number of rotatable bonds is 4. The van der Waals surface area contributed by atoms with Crippen molar-refractivity contribution in [3.63, 3.8) is 0 Å². The molecule has 0 saturated carbocycles. The molecule has 110 valence electrons. The van der Waals surface area contributed by atoms with E-state index in [0.29, 0.717) is 30.8 Å². The van der Waals surface area contributed by atoms with Crippen LogP contribution >= 0.6 is 35.3 Å². The summed E-state index contributed by atoms with van der Waals surface area (Å²) in [6, 6.07) is 0. The van der Waals surface area contributed by atoms with Gasteiger partial charge in [0.15, 0.2) is 11.8 Å². The largest absolute Gasteiger partial charge is 0.350 e. The Balaban J connectivity index is 0.00000200. The quantitative estimate of drug-likeness (QED) is 0.454. The van der Waals surface area contributed by atoms with Gasteiger partial charge in [-0.3, -0.25) is 4.99 Å². The van der Waals surface area contributed by atoms with Crippen LogP contribution in [0.1, 0.15) is 21.6 Å². The highest BCUT2D eigenvalue weighted by Gasteiger charge is 2.04. The summed E-state index contributed by atoms with van der Waals surface area (Å²) >= 11 is 1.66. The number of nitrogens with one attached hydrogen (secondary N) is 2. The van der Waals surface area contributed by atoms with Crippen molar-refractivity contribution >= 4 is 41.3 Å². The second-order valence-electron chi connectivity index (χ2n) is 3.87. The van der Waals surface area contributed by atoms with E-state index in [1.165, 1.54) is 4.88 Å². The maximum atomic E-state index is 4.89. The molecule has 0 aliphatic rings. The molecule has 0 bridgehead atoms. The molecule has 20 heavy (non-hydrogen) atoms. The van der Waals surface area contributed by atoms with E-state index in [2.05, 4.69) is 30.8 Å². The van der Waals surface area contributed by atoms with Crippen molar-refractivity contribution in [3.8, 4) is 0 Å². The van der Waals surface area contributed by atoms with Crippen LogP contribution in [-0.2, 0) is 13.1 Å². The fourth-order valence-electron chi connectivity index (χ4n) is 1.44. The Morgan fingerprint density at radius 3 is 2.65 bits per heavy atom. The summed E-state index contributed by atoms with van der Waals surface area (Å²) in [5, 5.41) is 11.1. The molecule has 0 saturated heterocycles. The van der Waals surface area contributed by atoms with Crippen molar-refractivity contribution in [2.24, 2.45) is 4.99 Å². The Kier molecular flexibility index (Phi) is 6.85. The van der Waals surface area contributed by atoms with Crippen LogP contribution in [0.4, 0.5) is 0 Å². The van der Waals surface area contributed by atoms with E-state index in [0.717, 1.165) is 5.01 Å². The van der Waals surface area contributed by atoms with Crippen molar-refractivity contribution < 1.29 is 4.52 Å². The van der Waals surface area contributed by atoms with Crippen molar-refractivity contribution in [1.29, 1.82) is 0 Å². The van der Waals surface area contributed by atoms with Gasteiger partial charge in [-0.2, -0.15) is 4.98 Å². The van der Waals surface area contributed by atoms with Gasteiger partial charge in [-0.15, -0.1) is 35.3 Å². The van der Waals surface area contributed by atoms with Crippen LogP contribution in [0.15, 0.2) is 15.7 Å². The van der Waals surface area contributed by atoms with E-state index >= 15 is 0 Å². The number of guanidine groups is 1. The van der Waals surface area contributed by atoms with Crippen LogP contribution in [0, 0.1) is 13.8 Å². The van der Waals surface area contributed by atoms with Crippen molar-refractivity contribution in [2.45, 2.75) is 26.9 Å². The van der Waals surface area contributed by atoms with Gasteiger partial charge in [0.2, 0.25) is 5.89 Å². The number of hydrogen-bond acceptors (Lipinski definition) is 6. The minimum absolute atomic E-state index is 0. The number of halogens is 1. The van der Waals surface area contributed by atoms with Crippen LogP contribution in [0.25, 0.3) is 0 Å². The molecule has 0 aliphatic carbocycles. The third-order valence-corrected chi connectivity index (χ3v) is 3.20. The van der Waals surface area contributed by atoms with Gasteiger partial charge in [0.1, 0.15) is 5.01 Å². The molecule has 9 heteroatoms. The summed E-state index contributed by atoms with van der Waals surface area (Å²) in [5.74, 6) is 1.83. The lowest BCUT2D eigenvalue weighted by Crippen LogP contribution is -2.36. The first kappa shape index (κ1) is 16.8. The maximum Gasteiger partial charge on any atom is 0.223 e. The SMILES string of the molecule is CN=C(NCc1noc(C)n1)NCc1ncc(C)s1.I. The van der Waals surface area contributed by atoms with Gasteiger partial charge in [-0.25, -0.2) is 4.98 Å². The van der Waals surface area contributed by atoms with Crippen LogP contribution in [-0.4, -0.2) is 28.1 Å². The van der Waals surface area contributed by atoms with Crippen LogP contribution in [0.2, 0.25) is 0 Å². The van der Waals surface area contributed by atoms with Gasteiger partial charge in [0.25, 0.3) is 0 Å². The lowest BCUT2D eigenvalue weighted by Gasteiger charge is -2.08. The fourth-order valence-corrected chi connectivity index (χ4v) is 2.17. The molecular weight excluding hydrogens is 391 g/mol. The number of aliphatic imine (C=N–C) groups is 1. The molecule has 2 aromatic heterocycles. The molecule has 7 nitrogen and oxygen atoms in total. The average Bonchev–Trinajstić information content (AvgIpc) is 2.99. The van der Waals surface area contributed by atoms with Crippen molar-refractivity contribution in [3.05, 3.63) is 27.8 Å². The molecule has 0 atom stereocenters. The van der Waals surface area contributed by atoms with Gasteiger partial charge in [-0.1, -0.05) is 5.16 Å². The summed E-state index contributed by atoms with van der Waals surface area (Å²) in [4.78, 5) is 13.7. The lowest BCUT2D eigenvalue weighted by atomic mass is 10.5.